The zero-order valence-electron chi connectivity index (χ0n) is 11.4. The molecule has 0 aromatic carbocycles. The van der Waals surface area contributed by atoms with Gasteiger partial charge in [-0.3, -0.25) is 9.59 Å². The van der Waals surface area contributed by atoms with Crippen molar-refractivity contribution in [3.8, 4) is 0 Å². The third-order valence-electron chi connectivity index (χ3n) is 3.46. The topological polar surface area (TPSA) is 40.6 Å². The number of unbranched alkanes of at least 4 members (excludes halogenated alkanes) is 1. The Hall–Kier alpha value is -1.07. The van der Waals surface area contributed by atoms with Crippen molar-refractivity contribution >= 4 is 34.8 Å². The summed E-state index contributed by atoms with van der Waals surface area (Å²) < 4.78 is 0. The molecule has 0 saturated carbocycles. The first-order valence-corrected chi connectivity index (χ1v) is 8.35. The maximum Gasteiger partial charge on any atom is 0.254 e. The summed E-state index contributed by atoms with van der Waals surface area (Å²) in [5.74, 6) is 0.856. The molecule has 1 saturated heterocycles. The maximum absolute atomic E-state index is 12.2. The SMILES string of the molecule is O=C(CCCCCl)N1CCN(C(=O)c2ccsc2)CC1. The van der Waals surface area contributed by atoms with Crippen LogP contribution in [0.25, 0.3) is 0 Å². The fourth-order valence-electron chi connectivity index (χ4n) is 2.26. The number of carbonyl (C=O) groups excluding carboxylic acids is 2. The van der Waals surface area contributed by atoms with Crippen LogP contribution in [0.4, 0.5) is 0 Å². The van der Waals surface area contributed by atoms with Crippen LogP contribution in [-0.4, -0.2) is 53.7 Å². The van der Waals surface area contributed by atoms with Gasteiger partial charge in [0.25, 0.3) is 5.91 Å². The standard InChI is InChI=1S/C14H19ClN2O2S/c15-5-2-1-3-13(18)16-6-8-17(9-7-16)14(19)12-4-10-20-11-12/h4,10-11H,1-3,5-9H2. The predicted octanol–water partition coefficient (Wildman–Crippen LogP) is 2.44. The third-order valence-corrected chi connectivity index (χ3v) is 4.41. The molecule has 6 heteroatoms. The Morgan fingerprint density at radius 1 is 1.15 bits per heavy atom. The van der Waals surface area contributed by atoms with Gasteiger partial charge in [0, 0.05) is 43.9 Å². The second-order valence-electron chi connectivity index (χ2n) is 4.83. The van der Waals surface area contributed by atoms with E-state index in [1.807, 2.05) is 26.6 Å². The summed E-state index contributed by atoms with van der Waals surface area (Å²) in [5.41, 5.74) is 0.747. The van der Waals surface area contributed by atoms with Crippen molar-refractivity contribution in [2.24, 2.45) is 0 Å². The van der Waals surface area contributed by atoms with E-state index in [1.165, 1.54) is 11.3 Å². The summed E-state index contributed by atoms with van der Waals surface area (Å²) in [7, 11) is 0. The van der Waals surface area contributed by atoms with E-state index in [9.17, 15) is 9.59 Å². The lowest BCUT2D eigenvalue weighted by atomic mass is 10.2. The molecule has 1 aliphatic heterocycles. The van der Waals surface area contributed by atoms with Gasteiger partial charge in [-0.1, -0.05) is 0 Å². The molecular weight excluding hydrogens is 296 g/mol. The molecule has 2 rings (SSSR count). The molecule has 1 aromatic rings. The molecule has 0 aliphatic carbocycles. The lowest BCUT2D eigenvalue weighted by Gasteiger charge is -2.34. The van der Waals surface area contributed by atoms with Gasteiger partial charge in [-0.25, -0.2) is 0 Å². The molecule has 1 fully saturated rings. The van der Waals surface area contributed by atoms with Crippen molar-refractivity contribution in [2.45, 2.75) is 19.3 Å². The van der Waals surface area contributed by atoms with Gasteiger partial charge in [0.2, 0.25) is 5.91 Å². The second-order valence-corrected chi connectivity index (χ2v) is 5.99. The fourth-order valence-corrected chi connectivity index (χ4v) is 3.08. The number of alkyl halides is 1. The van der Waals surface area contributed by atoms with Crippen LogP contribution in [0.5, 0.6) is 0 Å². The molecule has 2 heterocycles. The first-order valence-electron chi connectivity index (χ1n) is 6.87. The Morgan fingerprint density at radius 2 is 1.85 bits per heavy atom. The van der Waals surface area contributed by atoms with Crippen LogP contribution in [-0.2, 0) is 4.79 Å². The van der Waals surface area contributed by atoms with Gasteiger partial charge in [-0.2, -0.15) is 11.3 Å². The number of nitrogens with zero attached hydrogens (tertiary/aromatic N) is 2. The Kier molecular flexibility index (Phi) is 5.86. The summed E-state index contributed by atoms with van der Waals surface area (Å²) >= 11 is 7.13. The first-order chi connectivity index (χ1) is 9.72. The Bertz CT molecular complexity index is 442. The van der Waals surface area contributed by atoms with Crippen molar-refractivity contribution in [1.82, 2.24) is 9.80 Å². The van der Waals surface area contributed by atoms with Gasteiger partial charge in [0.05, 0.1) is 5.56 Å². The van der Waals surface area contributed by atoms with Crippen LogP contribution in [0.1, 0.15) is 29.6 Å². The van der Waals surface area contributed by atoms with Gasteiger partial charge in [0.1, 0.15) is 0 Å². The van der Waals surface area contributed by atoms with E-state index >= 15 is 0 Å². The number of thiophene rings is 1. The van der Waals surface area contributed by atoms with Crippen LogP contribution in [0, 0.1) is 0 Å². The number of hydrogen-bond donors (Lipinski definition) is 0. The summed E-state index contributed by atoms with van der Waals surface area (Å²) in [6.07, 6.45) is 2.28. The largest absolute Gasteiger partial charge is 0.339 e. The number of hydrogen-bond acceptors (Lipinski definition) is 3. The van der Waals surface area contributed by atoms with Crippen LogP contribution in [0.3, 0.4) is 0 Å². The van der Waals surface area contributed by atoms with Crippen molar-refractivity contribution in [3.05, 3.63) is 22.4 Å². The van der Waals surface area contributed by atoms with Gasteiger partial charge in [-0.15, -0.1) is 11.6 Å². The van der Waals surface area contributed by atoms with Gasteiger partial charge in [0.15, 0.2) is 0 Å². The van der Waals surface area contributed by atoms with E-state index < -0.39 is 0 Å². The molecule has 110 valence electrons. The number of halogens is 1. The number of amides is 2. The molecule has 1 aromatic heterocycles. The number of rotatable bonds is 5. The molecule has 4 nitrogen and oxygen atoms in total. The molecule has 0 N–H and O–H groups in total. The van der Waals surface area contributed by atoms with Crippen LogP contribution < -0.4 is 0 Å². The van der Waals surface area contributed by atoms with Crippen LogP contribution in [0.15, 0.2) is 16.8 Å². The lowest BCUT2D eigenvalue weighted by molar-refractivity contribution is -0.132. The van der Waals surface area contributed by atoms with Crippen molar-refractivity contribution in [3.63, 3.8) is 0 Å². The summed E-state index contributed by atoms with van der Waals surface area (Å²) in [5, 5.41) is 3.77. The van der Waals surface area contributed by atoms with Crippen molar-refractivity contribution in [2.75, 3.05) is 32.1 Å². The average molecular weight is 315 g/mol. The minimum absolute atomic E-state index is 0.0699. The smallest absolute Gasteiger partial charge is 0.254 e. The summed E-state index contributed by atoms with van der Waals surface area (Å²) in [4.78, 5) is 27.8. The molecule has 0 radical (unpaired) electrons. The highest BCUT2D eigenvalue weighted by molar-refractivity contribution is 7.08. The number of piperazine rings is 1. The Labute approximate surface area is 128 Å². The normalized spacial score (nSPS) is 15.4. The summed E-state index contributed by atoms with van der Waals surface area (Å²) in [6.45, 7) is 2.51. The molecule has 1 aliphatic rings. The minimum Gasteiger partial charge on any atom is -0.339 e. The van der Waals surface area contributed by atoms with Crippen molar-refractivity contribution < 1.29 is 9.59 Å². The van der Waals surface area contributed by atoms with E-state index in [1.54, 1.807) is 0 Å². The molecular formula is C14H19ClN2O2S. The molecule has 0 bridgehead atoms. The highest BCUT2D eigenvalue weighted by Crippen LogP contribution is 2.13. The zero-order chi connectivity index (χ0) is 14.4. The van der Waals surface area contributed by atoms with E-state index in [-0.39, 0.29) is 11.8 Å². The predicted molar refractivity (Wildman–Crippen MR) is 81.4 cm³/mol. The monoisotopic (exact) mass is 314 g/mol. The zero-order valence-corrected chi connectivity index (χ0v) is 13.0. The van der Waals surface area contributed by atoms with Gasteiger partial charge in [-0.05, 0) is 24.3 Å². The average Bonchev–Trinajstić information content (AvgIpc) is 3.01. The third kappa shape index (κ3) is 3.96. The highest BCUT2D eigenvalue weighted by Gasteiger charge is 2.24. The van der Waals surface area contributed by atoms with E-state index in [2.05, 4.69) is 0 Å². The van der Waals surface area contributed by atoms with Gasteiger partial charge >= 0.3 is 0 Å². The maximum atomic E-state index is 12.2. The Balaban J connectivity index is 1.77. The quantitative estimate of drug-likeness (QED) is 0.618. The first kappa shape index (κ1) is 15.3. The molecule has 0 spiro atoms. The van der Waals surface area contributed by atoms with Crippen LogP contribution in [0.2, 0.25) is 0 Å². The fraction of sp³-hybridized carbons (Fsp3) is 0.571. The molecule has 20 heavy (non-hydrogen) atoms. The number of carbonyl (C=O) groups is 2. The second kappa shape index (κ2) is 7.64. The van der Waals surface area contributed by atoms with E-state index in [0.717, 1.165) is 18.4 Å². The minimum atomic E-state index is 0.0699. The molecule has 2 amide bonds. The lowest BCUT2D eigenvalue weighted by Crippen LogP contribution is -2.50. The van der Waals surface area contributed by atoms with E-state index in [4.69, 9.17) is 11.6 Å². The van der Waals surface area contributed by atoms with Gasteiger partial charge < -0.3 is 9.80 Å². The molecule has 0 atom stereocenters. The highest BCUT2D eigenvalue weighted by atomic mass is 35.5. The van der Waals surface area contributed by atoms with Crippen LogP contribution >= 0.6 is 22.9 Å². The summed E-state index contributed by atoms with van der Waals surface area (Å²) in [6, 6.07) is 1.84. The van der Waals surface area contributed by atoms with Crippen molar-refractivity contribution in [1.29, 1.82) is 0 Å². The Morgan fingerprint density at radius 3 is 2.45 bits per heavy atom. The van der Waals surface area contributed by atoms with E-state index in [0.29, 0.717) is 38.5 Å². The molecule has 0 unspecified atom stereocenters.